The lowest BCUT2D eigenvalue weighted by Crippen LogP contribution is -2.23. The van der Waals surface area contributed by atoms with Gasteiger partial charge in [0.05, 0.1) is 0 Å². The Hall–Kier alpha value is -1.36. The third kappa shape index (κ3) is 2.90. The van der Waals surface area contributed by atoms with Crippen molar-refractivity contribution in [1.29, 1.82) is 0 Å². The molecule has 98 valence electrons. The van der Waals surface area contributed by atoms with Crippen molar-refractivity contribution >= 4 is 5.82 Å². The lowest BCUT2D eigenvalue weighted by atomic mass is 10.0. The predicted octanol–water partition coefficient (Wildman–Crippen LogP) is 1.49. The second kappa shape index (κ2) is 5.10. The highest BCUT2D eigenvalue weighted by Crippen LogP contribution is 2.37. The smallest absolute Gasteiger partial charge is 0.252 e. The van der Waals surface area contributed by atoms with Crippen molar-refractivity contribution in [3.8, 4) is 0 Å². The first-order chi connectivity index (χ1) is 8.81. The van der Waals surface area contributed by atoms with Gasteiger partial charge in [0.15, 0.2) is 0 Å². The maximum absolute atomic E-state index is 11.5. The summed E-state index contributed by atoms with van der Waals surface area (Å²) >= 11 is 0. The summed E-state index contributed by atoms with van der Waals surface area (Å²) in [6.45, 7) is 2.58. The quantitative estimate of drug-likeness (QED) is 0.848. The van der Waals surface area contributed by atoms with Crippen molar-refractivity contribution in [2.24, 2.45) is 5.92 Å². The fraction of sp³-hybridized carbons (Fsp3) is 0.692. The molecule has 2 N–H and O–H groups in total. The molecule has 1 saturated carbocycles. The molecule has 18 heavy (non-hydrogen) atoms. The second-order valence-corrected chi connectivity index (χ2v) is 5.23. The van der Waals surface area contributed by atoms with E-state index in [1.165, 1.54) is 0 Å². The average molecular weight is 249 g/mol. The molecule has 2 aliphatic rings. The molecule has 0 spiro atoms. The number of nitrogens with one attached hydrogen (secondary N) is 2. The van der Waals surface area contributed by atoms with Gasteiger partial charge in [-0.1, -0.05) is 0 Å². The van der Waals surface area contributed by atoms with Gasteiger partial charge in [0.2, 0.25) is 0 Å². The van der Waals surface area contributed by atoms with Crippen LogP contribution in [-0.2, 0) is 4.74 Å². The maximum Gasteiger partial charge on any atom is 0.252 e. The molecule has 2 heterocycles. The largest absolute Gasteiger partial charge is 0.381 e. The van der Waals surface area contributed by atoms with Gasteiger partial charge in [0.1, 0.15) is 11.6 Å². The number of hydrogen-bond donors (Lipinski definition) is 2. The van der Waals surface area contributed by atoms with Crippen molar-refractivity contribution in [3.05, 3.63) is 22.2 Å². The number of H-pyrrole nitrogens is 1. The van der Waals surface area contributed by atoms with Crippen LogP contribution in [0.5, 0.6) is 0 Å². The van der Waals surface area contributed by atoms with E-state index in [1.54, 1.807) is 6.07 Å². The Morgan fingerprint density at radius 1 is 1.33 bits per heavy atom. The number of ether oxygens (including phenoxy) is 1. The fourth-order valence-corrected chi connectivity index (χ4v) is 2.32. The summed E-state index contributed by atoms with van der Waals surface area (Å²) in [4.78, 5) is 18.8. The van der Waals surface area contributed by atoms with E-state index in [0.29, 0.717) is 17.7 Å². The van der Waals surface area contributed by atoms with Crippen LogP contribution >= 0.6 is 0 Å². The van der Waals surface area contributed by atoms with E-state index in [2.05, 4.69) is 15.3 Å². The first kappa shape index (κ1) is 11.7. The van der Waals surface area contributed by atoms with E-state index in [0.717, 1.165) is 51.3 Å². The first-order valence-corrected chi connectivity index (χ1v) is 6.74. The molecular formula is C13H19N3O2. The van der Waals surface area contributed by atoms with Crippen LogP contribution in [-0.4, -0.2) is 29.7 Å². The zero-order chi connectivity index (χ0) is 12.4. The highest BCUT2D eigenvalue weighted by atomic mass is 16.5. The molecule has 5 heteroatoms. The van der Waals surface area contributed by atoms with Gasteiger partial charge in [-0.25, -0.2) is 4.98 Å². The molecule has 5 nitrogen and oxygen atoms in total. The number of anilines is 1. The summed E-state index contributed by atoms with van der Waals surface area (Å²) < 4.78 is 5.33. The fourth-order valence-electron chi connectivity index (χ4n) is 2.32. The standard InChI is InChI=1S/C13H19N3O2/c17-12-7-11(15-13(16-12)10-1-2-10)14-8-9-3-5-18-6-4-9/h7,9-10H,1-6,8H2,(H2,14,15,16,17). The number of rotatable bonds is 4. The Morgan fingerprint density at radius 3 is 2.83 bits per heavy atom. The normalized spacial score (nSPS) is 20.9. The predicted molar refractivity (Wildman–Crippen MR) is 68.9 cm³/mol. The van der Waals surface area contributed by atoms with Crippen molar-refractivity contribution in [3.63, 3.8) is 0 Å². The molecule has 0 aromatic carbocycles. The van der Waals surface area contributed by atoms with Crippen LogP contribution in [0.25, 0.3) is 0 Å². The van der Waals surface area contributed by atoms with Gasteiger partial charge in [-0.05, 0) is 31.6 Å². The summed E-state index contributed by atoms with van der Waals surface area (Å²) in [5.41, 5.74) is -0.0543. The van der Waals surface area contributed by atoms with Crippen molar-refractivity contribution < 1.29 is 4.74 Å². The van der Waals surface area contributed by atoms with E-state index in [-0.39, 0.29) is 5.56 Å². The van der Waals surface area contributed by atoms with Crippen LogP contribution in [0.15, 0.2) is 10.9 Å². The molecule has 1 aromatic rings. The van der Waals surface area contributed by atoms with Crippen molar-refractivity contribution in [1.82, 2.24) is 9.97 Å². The van der Waals surface area contributed by atoms with E-state index >= 15 is 0 Å². The van der Waals surface area contributed by atoms with Gasteiger partial charge < -0.3 is 15.0 Å². The average Bonchev–Trinajstić information content (AvgIpc) is 3.21. The zero-order valence-corrected chi connectivity index (χ0v) is 10.4. The molecule has 1 aromatic heterocycles. The van der Waals surface area contributed by atoms with Crippen LogP contribution in [0, 0.1) is 5.92 Å². The number of aromatic amines is 1. The van der Waals surface area contributed by atoms with Gasteiger partial charge in [0.25, 0.3) is 5.56 Å². The monoisotopic (exact) mass is 249 g/mol. The SMILES string of the molecule is O=c1cc(NCC2CCOCC2)nc(C2CC2)[nH]1. The third-order valence-corrected chi connectivity index (χ3v) is 3.64. The van der Waals surface area contributed by atoms with Gasteiger partial charge in [-0.15, -0.1) is 0 Å². The van der Waals surface area contributed by atoms with E-state index in [4.69, 9.17) is 4.74 Å². The van der Waals surface area contributed by atoms with E-state index < -0.39 is 0 Å². The molecule has 0 amide bonds. The Labute approximate surface area is 106 Å². The van der Waals surface area contributed by atoms with Crippen LogP contribution in [0.3, 0.4) is 0 Å². The molecular weight excluding hydrogens is 230 g/mol. The summed E-state index contributed by atoms with van der Waals surface area (Å²) in [6.07, 6.45) is 4.47. The lowest BCUT2D eigenvalue weighted by molar-refractivity contribution is 0.0699. The van der Waals surface area contributed by atoms with E-state index in [1.807, 2.05) is 0 Å². The molecule has 1 aliphatic carbocycles. The number of hydrogen-bond acceptors (Lipinski definition) is 4. The second-order valence-electron chi connectivity index (χ2n) is 5.23. The molecule has 0 atom stereocenters. The minimum absolute atomic E-state index is 0.0543. The Bertz CT molecular complexity index is 462. The maximum atomic E-state index is 11.5. The van der Waals surface area contributed by atoms with Crippen molar-refractivity contribution in [2.75, 3.05) is 25.1 Å². The minimum atomic E-state index is -0.0543. The Morgan fingerprint density at radius 2 is 2.11 bits per heavy atom. The summed E-state index contributed by atoms with van der Waals surface area (Å²) in [5.74, 6) is 2.66. The highest BCUT2D eigenvalue weighted by molar-refractivity contribution is 5.34. The molecule has 0 unspecified atom stereocenters. The van der Waals surface area contributed by atoms with Crippen LogP contribution in [0.1, 0.15) is 37.4 Å². The van der Waals surface area contributed by atoms with Crippen LogP contribution < -0.4 is 10.9 Å². The lowest BCUT2D eigenvalue weighted by Gasteiger charge is -2.22. The molecule has 3 rings (SSSR count). The molecule has 2 fully saturated rings. The number of aromatic nitrogens is 2. The molecule has 1 saturated heterocycles. The minimum Gasteiger partial charge on any atom is -0.381 e. The van der Waals surface area contributed by atoms with Crippen LogP contribution in [0.4, 0.5) is 5.82 Å². The molecule has 0 radical (unpaired) electrons. The highest BCUT2D eigenvalue weighted by Gasteiger charge is 2.26. The van der Waals surface area contributed by atoms with E-state index in [9.17, 15) is 4.79 Å². The summed E-state index contributed by atoms with van der Waals surface area (Å²) in [6, 6.07) is 1.55. The molecule has 0 bridgehead atoms. The van der Waals surface area contributed by atoms with Gasteiger partial charge in [0, 0.05) is 31.7 Å². The van der Waals surface area contributed by atoms with Gasteiger partial charge >= 0.3 is 0 Å². The number of nitrogens with zero attached hydrogens (tertiary/aromatic N) is 1. The van der Waals surface area contributed by atoms with Gasteiger partial charge in [-0.3, -0.25) is 4.79 Å². The molecule has 1 aliphatic heterocycles. The third-order valence-electron chi connectivity index (χ3n) is 3.64. The first-order valence-electron chi connectivity index (χ1n) is 6.74. The Balaban J connectivity index is 1.62. The van der Waals surface area contributed by atoms with Gasteiger partial charge in [-0.2, -0.15) is 0 Å². The van der Waals surface area contributed by atoms with Crippen LogP contribution in [0.2, 0.25) is 0 Å². The summed E-state index contributed by atoms with van der Waals surface area (Å²) in [5, 5.41) is 3.29. The Kier molecular flexibility index (Phi) is 3.32. The summed E-state index contributed by atoms with van der Waals surface area (Å²) in [7, 11) is 0. The van der Waals surface area contributed by atoms with Crippen molar-refractivity contribution in [2.45, 2.75) is 31.6 Å². The topological polar surface area (TPSA) is 67.0 Å². The zero-order valence-electron chi connectivity index (χ0n) is 10.4.